The second-order valence-electron chi connectivity index (χ2n) is 7.43. The van der Waals surface area contributed by atoms with Gasteiger partial charge < -0.3 is 15.0 Å². The summed E-state index contributed by atoms with van der Waals surface area (Å²) >= 11 is 0. The first-order valence-corrected chi connectivity index (χ1v) is 10.4. The summed E-state index contributed by atoms with van der Waals surface area (Å²) in [7, 11) is 3.10. The standard InChI is InChI=1S/C16H30O2.C5H14N2O/c1-2-3-4-5-6-7-8-9-10-11-12-13-14-15-16(17)18;1-4-5(6)7(2,3)8/h7-8H,2-6,9-15H2,1H3,(H,17,18);5H,4,6H2,1-3H3/b8-7-;. The minimum Gasteiger partial charge on any atom is -0.632 e. The van der Waals surface area contributed by atoms with Crippen molar-refractivity contribution < 1.29 is 14.5 Å². The molecule has 0 radical (unpaired) electrons. The highest BCUT2D eigenvalue weighted by molar-refractivity contribution is 5.66. The Bertz CT molecular complexity index is 339. The number of carboxylic acids is 1. The molecule has 5 heteroatoms. The highest BCUT2D eigenvalue weighted by Crippen LogP contribution is 2.08. The van der Waals surface area contributed by atoms with E-state index in [0.29, 0.717) is 6.42 Å². The van der Waals surface area contributed by atoms with Gasteiger partial charge in [-0.25, -0.2) is 0 Å². The maximum Gasteiger partial charge on any atom is 0.303 e. The van der Waals surface area contributed by atoms with Crippen molar-refractivity contribution in [1.29, 1.82) is 0 Å². The number of aliphatic carboxylic acids is 1. The third-order valence-corrected chi connectivity index (χ3v) is 4.37. The zero-order chi connectivity index (χ0) is 20.3. The Balaban J connectivity index is 0. The molecule has 0 saturated carbocycles. The molecular formula is C21H44N2O3. The number of carboxylic acid groups (broad SMARTS) is 1. The van der Waals surface area contributed by atoms with E-state index in [4.69, 9.17) is 10.8 Å². The van der Waals surface area contributed by atoms with E-state index < -0.39 is 10.6 Å². The molecular weight excluding hydrogens is 328 g/mol. The molecule has 0 aliphatic heterocycles. The van der Waals surface area contributed by atoms with Crippen LogP contribution in [0.3, 0.4) is 0 Å². The van der Waals surface area contributed by atoms with Gasteiger partial charge in [0.2, 0.25) is 0 Å². The average Bonchev–Trinajstić information content (AvgIpc) is 2.57. The summed E-state index contributed by atoms with van der Waals surface area (Å²) in [6.45, 7) is 4.15. The van der Waals surface area contributed by atoms with Crippen molar-refractivity contribution in [2.24, 2.45) is 5.73 Å². The highest BCUT2D eigenvalue weighted by Gasteiger charge is 2.10. The number of rotatable bonds is 15. The Morgan fingerprint density at radius 3 is 1.81 bits per heavy atom. The molecule has 0 aromatic heterocycles. The van der Waals surface area contributed by atoms with Crippen LogP contribution in [0.25, 0.3) is 0 Å². The minimum absolute atomic E-state index is 0.269. The Kier molecular flexibility index (Phi) is 19.8. The van der Waals surface area contributed by atoms with Crippen LogP contribution in [0, 0.1) is 5.21 Å². The van der Waals surface area contributed by atoms with Gasteiger partial charge in [-0.15, -0.1) is 0 Å². The van der Waals surface area contributed by atoms with Crippen molar-refractivity contribution >= 4 is 5.97 Å². The third-order valence-electron chi connectivity index (χ3n) is 4.37. The summed E-state index contributed by atoms with van der Waals surface area (Å²) in [6.07, 6.45) is 18.8. The predicted octanol–water partition coefficient (Wildman–Crippen LogP) is 5.58. The summed E-state index contributed by atoms with van der Waals surface area (Å²) in [5, 5.41) is 19.3. The van der Waals surface area contributed by atoms with Crippen LogP contribution in [0.4, 0.5) is 0 Å². The summed E-state index contributed by atoms with van der Waals surface area (Å²) in [5.74, 6) is -0.666. The first kappa shape index (κ1) is 27.3. The molecule has 0 heterocycles. The van der Waals surface area contributed by atoms with Gasteiger partial charge in [0.15, 0.2) is 0 Å². The number of hydrogen-bond acceptors (Lipinski definition) is 3. The van der Waals surface area contributed by atoms with Gasteiger partial charge in [-0.2, -0.15) is 0 Å². The van der Waals surface area contributed by atoms with Crippen molar-refractivity contribution in [2.45, 2.75) is 103 Å². The van der Waals surface area contributed by atoms with Crippen molar-refractivity contribution in [3.8, 4) is 0 Å². The lowest BCUT2D eigenvalue weighted by atomic mass is 10.1. The average molecular weight is 373 g/mol. The van der Waals surface area contributed by atoms with Crippen LogP contribution in [0.5, 0.6) is 0 Å². The second-order valence-corrected chi connectivity index (χ2v) is 7.43. The van der Waals surface area contributed by atoms with Crippen molar-refractivity contribution in [3.05, 3.63) is 17.4 Å². The monoisotopic (exact) mass is 372 g/mol. The van der Waals surface area contributed by atoms with Crippen LogP contribution >= 0.6 is 0 Å². The summed E-state index contributed by atoms with van der Waals surface area (Å²) < 4.78 is -0.392. The molecule has 0 aliphatic carbocycles. The smallest absolute Gasteiger partial charge is 0.303 e. The number of hydroxylamine groups is 3. The van der Waals surface area contributed by atoms with E-state index in [1.165, 1.54) is 57.8 Å². The zero-order valence-electron chi connectivity index (χ0n) is 17.7. The fourth-order valence-electron chi connectivity index (χ4n) is 2.43. The molecule has 0 aromatic rings. The number of nitrogens with zero attached hydrogens (tertiary/aromatic N) is 1. The third kappa shape index (κ3) is 23.1. The minimum atomic E-state index is -0.666. The molecule has 0 rings (SSSR count). The lowest BCUT2D eigenvalue weighted by Gasteiger charge is -2.38. The topological polar surface area (TPSA) is 86.4 Å². The number of carbonyl (C=O) groups is 1. The molecule has 0 aromatic carbocycles. The van der Waals surface area contributed by atoms with E-state index in [1.807, 2.05) is 6.92 Å². The Morgan fingerprint density at radius 1 is 0.962 bits per heavy atom. The molecule has 0 bridgehead atoms. The van der Waals surface area contributed by atoms with Gasteiger partial charge in [0.1, 0.15) is 6.17 Å². The molecule has 1 atom stereocenters. The molecule has 26 heavy (non-hydrogen) atoms. The molecule has 0 spiro atoms. The van der Waals surface area contributed by atoms with Gasteiger partial charge in [-0.3, -0.25) is 10.5 Å². The maximum absolute atomic E-state index is 10.8. The molecule has 3 N–H and O–H groups in total. The van der Waals surface area contributed by atoms with Crippen LogP contribution in [0.2, 0.25) is 0 Å². The van der Waals surface area contributed by atoms with E-state index in [-0.39, 0.29) is 6.17 Å². The first-order chi connectivity index (χ1) is 12.3. The lowest BCUT2D eigenvalue weighted by molar-refractivity contribution is -0.866. The van der Waals surface area contributed by atoms with Crippen molar-refractivity contribution in [1.82, 2.24) is 0 Å². The summed E-state index contributed by atoms with van der Waals surface area (Å²) in [4.78, 5) is 10.3. The lowest BCUT2D eigenvalue weighted by Crippen LogP contribution is -2.48. The number of quaternary nitrogens is 1. The predicted molar refractivity (Wildman–Crippen MR) is 112 cm³/mol. The molecule has 0 amide bonds. The van der Waals surface area contributed by atoms with Crippen molar-refractivity contribution in [2.75, 3.05) is 14.1 Å². The van der Waals surface area contributed by atoms with Gasteiger partial charge in [-0.05, 0) is 32.1 Å². The molecule has 5 nitrogen and oxygen atoms in total. The Morgan fingerprint density at radius 2 is 1.42 bits per heavy atom. The SMILES string of the molecule is CCC(N)[N+](C)(C)[O-].CCCCCC/C=C\CCCCCCCC(=O)O. The van der Waals surface area contributed by atoms with E-state index >= 15 is 0 Å². The van der Waals surface area contributed by atoms with Gasteiger partial charge in [0.05, 0.1) is 14.1 Å². The van der Waals surface area contributed by atoms with Gasteiger partial charge in [-0.1, -0.05) is 64.5 Å². The normalized spacial score (nSPS) is 12.7. The number of hydrogen-bond donors (Lipinski definition) is 2. The van der Waals surface area contributed by atoms with Gasteiger partial charge >= 0.3 is 5.97 Å². The molecule has 0 saturated heterocycles. The van der Waals surface area contributed by atoms with Crippen LogP contribution in [-0.2, 0) is 4.79 Å². The highest BCUT2D eigenvalue weighted by atomic mass is 16.5. The quantitative estimate of drug-likeness (QED) is 0.129. The van der Waals surface area contributed by atoms with Crippen LogP contribution < -0.4 is 5.73 Å². The zero-order valence-corrected chi connectivity index (χ0v) is 17.7. The van der Waals surface area contributed by atoms with E-state index in [1.54, 1.807) is 14.1 Å². The summed E-state index contributed by atoms with van der Waals surface area (Å²) in [5.41, 5.74) is 5.41. The van der Waals surface area contributed by atoms with Gasteiger partial charge in [0, 0.05) is 12.8 Å². The summed E-state index contributed by atoms with van der Waals surface area (Å²) in [6, 6.07) is 0. The maximum atomic E-state index is 10.8. The van der Waals surface area contributed by atoms with Crippen LogP contribution in [0.1, 0.15) is 97.3 Å². The first-order valence-electron chi connectivity index (χ1n) is 10.4. The van der Waals surface area contributed by atoms with E-state index in [9.17, 15) is 10.0 Å². The van der Waals surface area contributed by atoms with Crippen molar-refractivity contribution in [3.63, 3.8) is 0 Å². The molecule has 0 fully saturated rings. The van der Waals surface area contributed by atoms with Gasteiger partial charge in [0.25, 0.3) is 0 Å². The van der Waals surface area contributed by atoms with E-state index in [2.05, 4.69) is 19.1 Å². The Hall–Kier alpha value is -0.910. The fraction of sp³-hybridized carbons (Fsp3) is 0.857. The fourth-order valence-corrected chi connectivity index (χ4v) is 2.43. The molecule has 156 valence electrons. The van der Waals surface area contributed by atoms with Crippen LogP contribution in [-0.4, -0.2) is 36.0 Å². The Labute approximate surface area is 161 Å². The number of nitrogens with two attached hydrogens (primary N) is 1. The number of allylic oxidation sites excluding steroid dienone is 2. The number of unbranched alkanes of at least 4 members (excludes halogenated alkanes) is 9. The molecule has 1 unspecified atom stereocenters. The van der Waals surface area contributed by atoms with Crippen LogP contribution in [0.15, 0.2) is 12.2 Å². The second kappa shape index (κ2) is 18.9. The van der Waals surface area contributed by atoms with E-state index in [0.717, 1.165) is 19.3 Å². The largest absolute Gasteiger partial charge is 0.632 e. The molecule has 0 aliphatic rings.